The number of nitrogens with zero attached hydrogens (tertiary/aromatic N) is 2. The first-order valence-corrected chi connectivity index (χ1v) is 11.1. The predicted molar refractivity (Wildman–Crippen MR) is 120 cm³/mol. The zero-order valence-corrected chi connectivity index (χ0v) is 19.0. The minimum Gasteiger partial charge on any atom is -0.444 e. The average molecular weight is 446 g/mol. The van der Waals surface area contributed by atoms with E-state index >= 15 is 0 Å². The number of ether oxygens (including phenoxy) is 1. The predicted octanol–water partition coefficient (Wildman–Crippen LogP) is 5.45. The van der Waals surface area contributed by atoms with Gasteiger partial charge in [0, 0.05) is 6.04 Å². The van der Waals surface area contributed by atoms with Gasteiger partial charge >= 0.3 is 6.09 Å². The number of rotatable bonds is 5. The minimum atomic E-state index is -0.587. The first kappa shape index (κ1) is 22.8. The number of nitriles is 1. The van der Waals surface area contributed by atoms with Crippen molar-refractivity contribution < 1.29 is 13.9 Å². The monoisotopic (exact) mass is 445 g/mol. The van der Waals surface area contributed by atoms with Crippen LogP contribution in [0.1, 0.15) is 57.7 Å². The van der Waals surface area contributed by atoms with Crippen LogP contribution in [-0.2, 0) is 4.74 Å². The highest BCUT2D eigenvalue weighted by Crippen LogP contribution is 2.31. The summed E-state index contributed by atoms with van der Waals surface area (Å²) in [5, 5.41) is 19.5. The van der Waals surface area contributed by atoms with Gasteiger partial charge in [0.05, 0.1) is 28.7 Å². The topological polar surface area (TPSA) is 99.1 Å². The van der Waals surface area contributed by atoms with E-state index in [1.807, 2.05) is 39.8 Å². The molecule has 1 heterocycles. The summed E-state index contributed by atoms with van der Waals surface area (Å²) >= 11 is 1.27. The molecule has 1 aromatic carbocycles. The number of benzene rings is 1. The molecule has 1 amide bonds. The van der Waals surface area contributed by atoms with Crippen LogP contribution in [0.4, 0.5) is 25.6 Å². The number of alkyl carbamates (subject to hydrolysis) is 1. The molecular formula is C22H28FN5O2S. The molecule has 0 radical (unpaired) electrons. The zero-order valence-electron chi connectivity index (χ0n) is 18.2. The van der Waals surface area contributed by atoms with E-state index in [4.69, 9.17) is 4.74 Å². The van der Waals surface area contributed by atoms with Gasteiger partial charge in [-0.2, -0.15) is 9.64 Å². The third-order valence-corrected chi connectivity index (χ3v) is 5.72. The summed E-state index contributed by atoms with van der Waals surface area (Å²) in [7, 11) is 0. The summed E-state index contributed by atoms with van der Waals surface area (Å²) in [6.07, 6.45) is 3.05. The van der Waals surface area contributed by atoms with E-state index in [-0.39, 0.29) is 23.3 Å². The summed E-state index contributed by atoms with van der Waals surface area (Å²) in [6, 6.07) is 6.38. The van der Waals surface area contributed by atoms with Gasteiger partial charge in [-0.05, 0) is 70.3 Å². The van der Waals surface area contributed by atoms with E-state index in [1.54, 1.807) is 6.07 Å². The molecular weight excluding hydrogens is 417 g/mol. The molecule has 0 saturated heterocycles. The van der Waals surface area contributed by atoms with Crippen molar-refractivity contribution in [3.8, 4) is 6.07 Å². The van der Waals surface area contributed by atoms with Gasteiger partial charge in [-0.15, -0.1) is 0 Å². The maximum atomic E-state index is 14.8. The number of amides is 1. The van der Waals surface area contributed by atoms with Crippen LogP contribution in [0.3, 0.4) is 0 Å². The average Bonchev–Trinajstić information content (AvgIpc) is 3.09. The molecule has 1 aromatic heterocycles. The number of anilines is 3. The van der Waals surface area contributed by atoms with Crippen LogP contribution in [0.15, 0.2) is 18.2 Å². The second-order valence-electron chi connectivity index (χ2n) is 8.73. The lowest BCUT2D eigenvalue weighted by Gasteiger charge is -2.34. The third kappa shape index (κ3) is 6.31. The Morgan fingerprint density at radius 1 is 1.23 bits per heavy atom. The Morgan fingerprint density at radius 3 is 2.55 bits per heavy atom. The van der Waals surface area contributed by atoms with Crippen LogP contribution in [0.2, 0.25) is 0 Å². The van der Waals surface area contributed by atoms with Crippen LogP contribution in [0, 0.1) is 24.1 Å². The highest BCUT2D eigenvalue weighted by Gasteiger charge is 2.29. The van der Waals surface area contributed by atoms with Crippen molar-refractivity contribution >= 4 is 34.0 Å². The number of hydrogen-bond donors (Lipinski definition) is 3. The van der Waals surface area contributed by atoms with Crippen LogP contribution in [0.25, 0.3) is 0 Å². The van der Waals surface area contributed by atoms with E-state index in [9.17, 15) is 14.4 Å². The zero-order chi connectivity index (χ0) is 22.6. The molecule has 0 spiro atoms. The summed E-state index contributed by atoms with van der Waals surface area (Å²) in [4.78, 5) is 12.2. The quantitative estimate of drug-likeness (QED) is 0.566. The minimum absolute atomic E-state index is 0.151. The van der Waals surface area contributed by atoms with Gasteiger partial charge in [-0.1, -0.05) is 12.8 Å². The smallest absolute Gasteiger partial charge is 0.407 e. The number of nitrogens with one attached hydrogen (secondary N) is 3. The number of halogens is 1. The molecule has 7 nitrogen and oxygen atoms in total. The van der Waals surface area contributed by atoms with E-state index in [1.165, 1.54) is 17.6 Å². The fourth-order valence-corrected chi connectivity index (χ4v) is 4.24. The molecule has 3 N–H and O–H groups in total. The number of aromatic nitrogens is 1. The maximum absolute atomic E-state index is 14.8. The van der Waals surface area contributed by atoms with Crippen LogP contribution in [0.5, 0.6) is 0 Å². The van der Waals surface area contributed by atoms with Gasteiger partial charge in [0.2, 0.25) is 0 Å². The molecule has 1 saturated carbocycles. The third-order valence-electron chi connectivity index (χ3n) is 4.92. The van der Waals surface area contributed by atoms with E-state index in [0.717, 1.165) is 36.4 Å². The highest BCUT2D eigenvalue weighted by molar-refractivity contribution is 7.10. The number of carbonyl (C=O) groups excluding carboxylic acids is 1. The SMILES string of the molecule is Cc1cc(Nc2cc(N[C@@H]3CCCC[C@@H]3NC(=O)OC(C)(C)C)c(F)cc2C#N)sn1. The van der Waals surface area contributed by atoms with Crippen LogP contribution in [-0.4, -0.2) is 28.2 Å². The Kier molecular flexibility index (Phi) is 7.01. The molecule has 1 aliphatic rings. The van der Waals surface area contributed by atoms with Crippen molar-refractivity contribution in [2.24, 2.45) is 0 Å². The molecule has 0 bridgehead atoms. The molecule has 166 valence electrons. The maximum Gasteiger partial charge on any atom is 0.407 e. The van der Waals surface area contributed by atoms with Crippen LogP contribution >= 0.6 is 11.5 Å². The van der Waals surface area contributed by atoms with Gasteiger partial charge in [0.25, 0.3) is 0 Å². The van der Waals surface area contributed by atoms with Crippen molar-refractivity contribution in [1.82, 2.24) is 9.69 Å². The van der Waals surface area contributed by atoms with E-state index in [2.05, 4.69) is 20.3 Å². The van der Waals surface area contributed by atoms with Gasteiger partial charge in [0.1, 0.15) is 22.5 Å². The van der Waals surface area contributed by atoms with Gasteiger partial charge in [0.15, 0.2) is 0 Å². The fourth-order valence-electron chi connectivity index (χ4n) is 3.57. The Hall–Kier alpha value is -2.86. The molecule has 1 fully saturated rings. The van der Waals surface area contributed by atoms with Gasteiger partial charge in [-0.3, -0.25) is 0 Å². The Labute approximate surface area is 186 Å². The summed E-state index contributed by atoms with van der Waals surface area (Å²) in [5.74, 6) is -0.510. The van der Waals surface area contributed by atoms with Crippen molar-refractivity contribution in [2.45, 2.75) is 71.1 Å². The van der Waals surface area contributed by atoms with Crippen molar-refractivity contribution in [1.29, 1.82) is 5.26 Å². The van der Waals surface area contributed by atoms with Gasteiger partial charge in [-0.25, -0.2) is 9.18 Å². The lowest BCUT2D eigenvalue weighted by Crippen LogP contribution is -2.49. The molecule has 2 atom stereocenters. The number of hydrogen-bond acceptors (Lipinski definition) is 7. The normalized spacial score (nSPS) is 18.7. The standard InChI is InChI=1S/C22H28FN5O2S/c1-13-9-20(31-28-13)26-18-11-19(15(23)10-14(18)12-24)25-16-7-5-6-8-17(16)27-21(29)30-22(2,3)4/h9-11,16-17,25-26H,5-8H2,1-4H3,(H,27,29)/t16-,17+/m1/s1. The second kappa shape index (κ2) is 9.52. The molecule has 0 aliphatic heterocycles. The van der Waals surface area contributed by atoms with Gasteiger partial charge < -0.3 is 20.7 Å². The Bertz CT molecular complexity index is 979. The summed E-state index contributed by atoms with van der Waals surface area (Å²) in [6.45, 7) is 7.32. The van der Waals surface area contributed by atoms with Crippen molar-refractivity contribution in [3.05, 3.63) is 35.3 Å². The summed E-state index contributed by atoms with van der Waals surface area (Å²) in [5.41, 5.74) is 1.27. The second-order valence-corrected chi connectivity index (χ2v) is 9.54. The lowest BCUT2D eigenvalue weighted by atomic mass is 9.90. The number of aryl methyl sites for hydroxylation is 1. The van der Waals surface area contributed by atoms with Crippen LogP contribution < -0.4 is 16.0 Å². The largest absolute Gasteiger partial charge is 0.444 e. The molecule has 0 unspecified atom stereocenters. The van der Waals surface area contributed by atoms with E-state index < -0.39 is 17.5 Å². The Balaban J connectivity index is 1.78. The highest BCUT2D eigenvalue weighted by atomic mass is 32.1. The number of carbonyl (C=O) groups is 1. The summed E-state index contributed by atoms with van der Waals surface area (Å²) < 4.78 is 24.4. The van der Waals surface area contributed by atoms with Crippen molar-refractivity contribution in [3.63, 3.8) is 0 Å². The van der Waals surface area contributed by atoms with Crippen molar-refractivity contribution in [2.75, 3.05) is 10.6 Å². The molecule has 9 heteroatoms. The fraction of sp³-hybridized carbons (Fsp3) is 0.500. The molecule has 1 aliphatic carbocycles. The molecule has 2 aromatic rings. The molecule has 31 heavy (non-hydrogen) atoms. The first-order chi connectivity index (χ1) is 14.6. The van der Waals surface area contributed by atoms with E-state index in [0.29, 0.717) is 5.69 Å². The Morgan fingerprint density at radius 2 is 1.94 bits per heavy atom. The first-order valence-electron chi connectivity index (χ1n) is 10.3. The molecule has 3 rings (SSSR count). The lowest BCUT2D eigenvalue weighted by molar-refractivity contribution is 0.0488.